The summed E-state index contributed by atoms with van der Waals surface area (Å²) in [7, 11) is 0. The maximum Gasteiger partial charge on any atom is 0.330 e. The molecule has 31 heavy (non-hydrogen) atoms. The molecule has 6 nitrogen and oxygen atoms in total. The van der Waals surface area contributed by atoms with Crippen molar-refractivity contribution in [1.29, 1.82) is 0 Å². The predicted molar refractivity (Wildman–Crippen MR) is 112 cm³/mol. The molecule has 2 aliphatic heterocycles. The number of hydrogen-bond acceptors (Lipinski definition) is 6. The second kappa shape index (κ2) is 5.33. The van der Waals surface area contributed by atoms with Crippen LogP contribution in [0, 0.1) is 33.5 Å². The first kappa shape index (κ1) is 20.9. The van der Waals surface area contributed by atoms with E-state index in [0.29, 0.717) is 24.8 Å². The molecule has 5 aliphatic rings. The van der Waals surface area contributed by atoms with Gasteiger partial charge in [-0.05, 0) is 69.3 Å². The van der Waals surface area contributed by atoms with Gasteiger partial charge in [0.05, 0.1) is 5.41 Å². The predicted octanol–water partition coefficient (Wildman–Crippen LogP) is 3.13. The van der Waals surface area contributed by atoms with E-state index in [1.54, 1.807) is 6.92 Å². The largest absolute Gasteiger partial charge is 0.458 e. The van der Waals surface area contributed by atoms with Crippen LogP contribution < -0.4 is 0 Å². The molecule has 168 valence electrons. The molecular weight excluding hydrogens is 396 g/mol. The van der Waals surface area contributed by atoms with Gasteiger partial charge in [-0.2, -0.15) is 0 Å². The lowest BCUT2D eigenvalue weighted by Gasteiger charge is -2.65. The van der Waals surface area contributed by atoms with Crippen LogP contribution >= 0.6 is 0 Å². The highest BCUT2D eigenvalue weighted by Crippen LogP contribution is 2.80. The molecule has 3 aliphatic carbocycles. The van der Waals surface area contributed by atoms with E-state index in [4.69, 9.17) is 9.47 Å². The zero-order valence-corrected chi connectivity index (χ0v) is 19.2. The monoisotopic (exact) mass is 428 g/mol. The summed E-state index contributed by atoms with van der Waals surface area (Å²) in [5, 5.41) is 12.0. The smallest absolute Gasteiger partial charge is 0.330 e. The molecule has 4 fully saturated rings. The fourth-order valence-electron chi connectivity index (χ4n) is 8.81. The number of ketones is 1. The Bertz CT molecular complexity index is 994. The van der Waals surface area contributed by atoms with Crippen LogP contribution in [0.4, 0.5) is 0 Å². The van der Waals surface area contributed by atoms with Crippen molar-refractivity contribution < 1.29 is 29.0 Å². The molecule has 2 bridgehead atoms. The lowest BCUT2D eigenvalue weighted by Crippen LogP contribution is -2.67. The summed E-state index contributed by atoms with van der Waals surface area (Å²) in [6.07, 6.45) is 4.23. The van der Waals surface area contributed by atoms with Gasteiger partial charge < -0.3 is 14.6 Å². The SMILES string of the molecule is C=C1[C@]2(C)C[C@@H]3[C@@]4(C)C=CC(=O)OC(C)(C)[C@@H]4CC[C@@]3(C)[C@]13C(=O)O[C@H](C)[C@]3(O)C2=O. The van der Waals surface area contributed by atoms with Crippen molar-refractivity contribution in [1.82, 2.24) is 0 Å². The molecule has 3 saturated carbocycles. The summed E-state index contributed by atoms with van der Waals surface area (Å²) in [6, 6.07) is 0. The van der Waals surface area contributed by atoms with Crippen molar-refractivity contribution in [2.45, 2.75) is 78.1 Å². The van der Waals surface area contributed by atoms with Crippen molar-refractivity contribution >= 4 is 17.7 Å². The van der Waals surface area contributed by atoms with Gasteiger partial charge in [0.2, 0.25) is 0 Å². The number of rotatable bonds is 0. The number of Topliss-reactive ketones (excluding diaryl/α,β-unsaturated/α-hetero) is 1. The van der Waals surface area contributed by atoms with Crippen molar-refractivity contribution in [3.05, 3.63) is 24.3 Å². The van der Waals surface area contributed by atoms with E-state index in [1.807, 2.05) is 33.8 Å². The van der Waals surface area contributed by atoms with Gasteiger partial charge in [-0.15, -0.1) is 0 Å². The fraction of sp³-hybridized carbons (Fsp3) is 0.720. The topological polar surface area (TPSA) is 89.9 Å². The molecule has 0 unspecified atom stereocenters. The van der Waals surface area contributed by atoms with Gasteiger partial charge in [0.15, 0.2) is 11.4 Å². The lowest BCUT2D eigenvalue weighted by molar-refractivity contribution is -0.197. The van der Waals surface area contributed by atoms with E-state index in [-0.39, 0.29) is 23.6 Å². The number of carbonyl (C=O) groups excluding carboxylic acids is 3. The van der Waals surface area contributed by atoms with E-state index in [0.717, 1.165) is 0 Å². The third-order valence-electron chi connectivity index (χ3n) is 10.2. The van der Waals surface area contributed by atoms with Gasteiger partial charge in [0, 0.05) is 12.0 Å². The highest BCUT2D eigenvalue weighted by molar-refractivity contribution is 6.10. The minimum atomic E-state index is -1.93. The third kappa shape index (κ3) is 1.83. The molecule has 1 spiro atoms. The first-order valence-electron chi connectivity index (χ1n) is 11.2. The number of cyclic esters (lactones) is 2. The summed E-state index contributed by atoms with van der Waals surface area (Å²) in [4.78, 5) is 39.8. The average Bonchev–Trinajstić information content (AvgIpc) is 2.87. The van der Waals surface area contributed by atoms with Crippen molar-refractivity contribution in [2.75, 3.05) is 0 Å². The Kier molecular flexibility index (Phi) is 3.60. The highest BCUT2D eigenvalue weighted by Gasteiger charge is 2.89. The Balaban J connectivity index is 1.81. The zero-order valence-electron chi connectivity index (χ0n) is 19.2. The normalized spacial score (nSPS) is 54.5. The summed E-state index contributed by atoms with van der Waals surface area (Å²) < 4.78 is 11.4. The number of hydrogen-bond donors (Lipinski definition) is 1. The molecule has 2 heterocycles. The number of carbonyl (C=O) groups is 3. The Morgan fingerprint density at radius 1 is 1.10 bits per heavy atom. The maximum atomic E-state index is 13.8. The Morgan fingerprint density at radius 3 is 2.39 bits per heavy atom. The van der Waals surface area contributed by atoms with Gasteiger partial charge in [0.25, 0.3) is 0 Å². The molecule has 0 aromatic carbocycles. The van der Waals surface area contributed by atoms with E-state index in [2.05, 4.69) is 13.5 Å². The van der Waals surface area contributed by atoms with E-state index < -0.39 is 44.9 Å². The summed E-state index contributed by atoms with van der Waals surface area (Å²) in [5.74, 6) is -1.43. The fourth-order valence-corrected chi connectivity index (χ4v) is 8.81. The number of aliphatic hydroxyl groups is 1. The standard InChI is InChI=1S/C25H32O6/c1-13-22(6)12-16-21(5)10-9-17(26)31-20(3,4)15(21)8-11-23(16,7)24(13)19(28)30-14(2)25(24,29)18(22)27/h9-10,14-16,29H,1,8,11-12H2,2-7H3/t14-,15+,16-,21+,22+,23-,24-,25+/m1/s1. The molecule has 0 radical (unpaired) electrons. The Hall–Kier alpha value is -1.95. The average molecular weight is 429 g/mol. The molecule has 5 rings (SSSR count). The minimum absolute atomic E-state index is 0.00424. The molecule has 1 N–H and O–H groups in total. The summed E-state index contributed by atoms with van der Waals surface area (Å²) in [5.41, 5.74) is -5.94. The van der Waals surface area contributed by atoms with Gasteiger partial charge in [-0.1, -0.05) is 26.5 Å². The lowest BCUT2D eigenvalue weighted by atomic mass is 9.37. The summed E-state index contributed by atoms with van der Waals surface area (Å²) >= 11 is 0. The molecule has 6 heteroatoms. The molecule has 1 saturated heterocycles. The van der Waals surface area contributed by atoms with E-state index in [9.17, 15) is 19.5 Å². The van der Waals surface area contributed by atoms with E-state index >= 15 is 0 Å². The van der Waals surface area contributed by atoms with Gasteiger partial charge in [-0.25, -0.2) is 4.79 Å². The number of ether oxygens (including phenoxy) is 2. The van der Waals surface area contributed by atoms with Crippen LogP contribution in [0.3, 0.4) is 0 Å². The van der Waals surface area contributed by atoms with Crippen LogP contribution in [0.2, 0.25) is 0 Å². The van der Waals surface area contributed by atoms with Gasteiger partial charge in [0.1, 0.15) is 17.1 Å². The second-order valence-electron chi connectivity index (χ2n) is 11.7. The molecule has 0 aromatic rings. The molecule has 0 amide bonds. The van der Waals surface area contributed by atoms with Crippen LogP contribution in [0.1, 0.15) is 60.8 Å². The summed E-state index contributed by atoms with van der Waals surface area (Å²) in [6.45, 7) is 15.7. The highest BCUT2D eigenvalue weighted by atomic mass is 16.6. The Morgan fingerprint density at radius 2 is 1.74 bits per heavy atom. The number of allylic oxidation sites excluding steroid dienone is 1. The molecule has 0 aromatic heterocycles. The second-order valence-corrected chi connectivity index (χ2v) is 11.7. The van der Waals surface area contributed by atoms with Crippen LogP contribution in [-0.2, 0) is 23.9 Å². The van der Waals surface area contributed by atoms with Crippen LogP contribution in [0.25, 0.3) is 0 Å². The van der Waals surface area contributed by atoms with Crippen LogP contribution in [0.15, 0.2) is 24.3 Å². The van der Waals surface area contributed by atoms with Crippen LogP contribution in [-0.4, -0.2) is 40.1 Å². The maximum absolute atomic E-state index is 13.8. The van der Waals surface area contributed by atoms with Gasteiger partial charge >= 0.3 is 11.9 Å². The quantitative estimate of drug-likeness (QED) is 0.471. The minimum Gasteiger partial charge on any atom is -0.458 e. The van der Waals surface area contributed by atoms with Crippen molar-refractivity contribution in [3.63, 3.8) is 0 Å². The zero-order chi connectivity index (χ0) is 23.0. The van der Waals surface area contributed by atoms with Crippen LogP contribution in [0.5, 0.6) is 0 Å². The Labute approximate surface area is 183 Å². The van der Waals surface area contributed by atoms with Gasteiger partial charge in [-0.3, -0.25) is 9.59 Å². The van der Waals surface area contributed by atoms with E-state index in [1.165, 1.54) is 6.08 Å². The molecule has 8 atom stereocenters. The number of esters is 2. The first-order chi connectivity index (χ1) is 14.1. The molecular formula is C25H32O6. The number of fused-ring (bicyclic) bond motifs is 4. The van der Waals surface area contributed by atoms with Crippen molar-refractivity contribution in [3.8, 4) is 0 Å². The first-order valence-corrected chi connectivity index (χ1v) is 11.2. The third-order valence-corrected chi connectivity index (χ3v) is 10.2. The van der Waals surface area contributed by atoms with Crippen molar-refractivity contribution in [2.24, 2.45) is 33.5 Å².